The van der Waals surface area contributed by atoms with Gasteiger partial charge in [-0.15, -0.1) is 11.3 Å². The van der Waals surface area contributed by atoms with E-state index in [2.05, 4.69) is 11.8 Å². The molecule has 0 aliphatic heterocycles. The SMILES string of the molecule is CCN(CC(=O)c1cc(Cl)sc1Cl)C1CCCCC1. The fourth-order valence-electron chi connectivity index (χ4n) is 2.75. The third-order valence-electron chi connectivity index (χ3n) is 3.80. The predicted molar refractivity (Wildman–Crippen MR) is 82.8 cm³/mol. The van der Waals surface area contributed by atoms with Crippen molar-refractivity contribution in [1.82, 2.24) is 4.90 Å². The second-order valence-corrected chi connectivity index (χ2v) is 7.30. The van der Waals surface area contributed by atoms with E-state index in [1.54, 1.807) is 6.07 Å². The first-order chi connectivity index (χ1) is 9.11. The van der Waals surface area contributed by atoms with E-state index in [0.29, 0.717) is 26.8 Å². The lowest BCUT2D eigenvalue weighted by Gasteiger charge is -2.32. The van der Waals surface area contributed by atoms with E-state index in [4.69, 9.17) is 23.2 Å². The van der Waals surface area contributed by atoms with Crippen molar-refractivity contribution in [3.8, 4) is 0 Å². The van der Waals surface area contributed by atoms with Crippen LogP contribution in [0.4, 0.5) is 0 Å². The minimum absolute atomic E-state index is 0.0839. The Morgan fingerprint density at radius 2 is 2.05 bits per heavy atom. The van der Waals surface area contributed by atoms with Crippen LogP contribution < -0.4 is 0 Å². The number of thiophene rings is 1. The molecule has 106 valence electrons. The van der Waals surface area contributed by atoms with Gasteiger partial charge in [-0.05, 0) is 25.5 Å². The maximum absolute atomic E-state index is 12.3. The third kappa shape index (κ3) is 3.94. The van der Waals surface area contributed by atoms with Crippen LogP contribution in [0.5, 0.6) is 0 Å². The minimum Gasteiger partial charge on any atom is -0.293 e. The lowest BCUT2D eigenvalue weighted by molar-refractivity contribution is 0.0869. The van der Waals surface area contributed by atoms with Crippen LogP contribution >= 0.6 is 34.5 Å². The van der Waals surface area contributed by atoms with Crippen LogP contribution in [0.1, 0.15) is 49.4 Å². The summed E-state index contributed by atoms with van der Waals surface area (Å²) in [5.41, 5.74) is 0.575. The summed E-state index contributed by atoms with van der Waals surface area (Å²) in [6.45, 7) is 3.48. The predicted octanol–water partition coefficient (Wildman–Crippen LogP) is 4.89. The van der Waals surface area contributed by atoms with Crippen molar-refractivity contribution in [3.05, 3.63) is 20.3 Å². The number of likely N-dealkylation sites (N-methyl/N-ethyl adjacent to an activating group) is 1. The maximum Gasteiger partial charge on any atom is 0.179 e. The largest absolute Gasteiger partial charge is 0.293 e. The molecule has 1 fully saturated rings. The summed E-state index contributed by atoms with van der Waals surface area (Å²) in [4.78, 5) is 14.6. The molecule has 1 aromatic rings. The summed E-state index contributed by atoms with van der Waals surface area (Å²) in [5.74, 6) is 0.0839. The molecular weight excluding hydrogens is 301 g/mol. The zero-order valence-corrected chi connectivity index (χ0v) is 13.5. The smallest absolute Gasteiger partial charge is 0.179 e. The van der Waals surface area contributed by atoms with Crippen LogP contribution in [-0.2, 0) is 0 Å². The standard InChI is InChI=1S/C14H19Cl2NOS/c1-2-17(10-6-4-3-5-7-10)9-12(18)11-8-13(15)19-14(11)16/h8,10H,2-7,9H2,1H3. The van der Waals surface area contributed by atoms with Gasteiger partial charge in [0.05, 0.1) is 16.4 Å². The molecule has 2 rings (SSSR count). The lowest BCUT2D eigenvalue weighted by Crippen LogP contribution is -2.40. The Labute approximate surface area is 128 Å². The molecule has 1 saturated carbocycles. The topological polar surface area (TPSA) is 20.3 Å². The first-order valence-corrected chi connectivity index (χ1v) is 8.41. The Bertz CT molecular complexity index is 441. The number of rotatable bonds is 5. The minimum atomic E-state index is 0.0839. The Morgan fingerprint density at radius 3 is 2.58 bits per heavy atom. The van der Waals surface area contributed by atoms with Gasteiger partial charge in [-0.25, -0.2) is 0 Å². The van der Waals surface area contributed by atoms with Gasteiger partial charge in [-0.3, -0.25) is 9.69 Å². The molecule has 0 unspecified atom stereocenters. The highest BCUT2D eigenvalue weighted by Crippen LogP contribution is 2.32. The van der Waals surface area contributed by atoms with Crippen molar-refractivity contribution in [3.63, 3.8) is 0 Å². The van der Waals surface area contributed by atoms with Gasteiger partial charge in [0.1, 0.15) is 4.34 Å². The van der Waals surface area contributed by atoms with Crippen molar-refractivity contribution in [2.45, 2.75) is 45.1 Å². The second kappa shape index (κ2) is 7.07. The molecule has 0 aromatic carbocycles. The molecule has 1 heterocycles. The van der Waals surface area contributed by atoms with Crippen LogP contribution in [0, 0.1) is 0 Å². The normalized spacial score (nSPS) is 17.1. The van der Waals surface area contributed by atoms with Gasteiger partial charge < -0.3 is 0 Å². The molecule has 0 saturated heterocycles. The van der Waals surface area contributed by atoms with E-state index in [-0.39, 0.29) is 5.78 Å². The van der Waals surface area contributed by atoms with Gasteiger partial charge in [0.15, 0.2) is 5.78 Å². The number of hydrogen-bond donors (Lipinski definition) is 0. The Kier molecular flexibility index (Phi) is 5.70. The quantitative estimate of drug-likeness (QED) is 0.720. The Hall–Kier alpha value is -0.0900. The van der Waals surface area contributed by atoms with Crippen molar-refractivity contribution in [2.75, 3.05) is 13.1 Å². The van der Waals surface area contributed by atoms with Gasteiger partial charge >= 0.3 is 0 Å². The maximum atomic E-state index is 12.3. The second-order valence-electron chi connectivity index (χ2n) is 5.02. The number of carbonyl (C=O) groups excluding carboxylic acids is 1. The Morgan fingerprint density at radius 1 is 1.37 bits per heavy atom. The first kappa shape index (κ1) is 15.3. The Balaban J connectivity index is 2.01. The number of ketones is 1. The molecule has 0 N–H and O–H groups in total. The number of Topliss-reactive ketones (excluding diaryl/α,β-unsaturated/α-hetero) is 1. The molecule has 0 bridgehead atoms. The van der Waals surface area contributed by atoms with Crippen LogP contribution in [-0.4, -0.2) is 29.8 Å². The number of carbonyl (C=O) groups is 1. The third-order valence-corrected chi connectivity index (χ3v) is 5.29. The van der Waals surface area contributed by atoms with E-state index in [9.17, 15) is 4.79 Å². The van der Waals surface area contributed by atoms with Gasteiger partial charge in [0.25, 0.3) is 0 Å². The monoisotopic (exact) mass is 319 g/mol. The molecule has 2 nitrogen and oxygen atoms in total. The average molecular weight is 320 g/mol. The highest BCUT2D eigenvalue weighted by Gasteiger charge is 2.23. The van der Waals surface area contributed by atoms with Gasteiger partial charge in [-0.2, -0.15) is 0 Å². The van der Waals surface area contributed by atoms with Gasteiger partial charge in [0, 0.05) is 6.04 Å². The molecule has 19 heavy (non-hydrogen) atoms. The van der Waals surface area contributed by atoms with Gasteiger partial charge in [-0.1, -0.05) is 49.4 Å². The van der Waals surface area contributed by atoms with E-state index >= 15 is 0 Å². The average Bonchev–Trinajstić information content (AvgIpc) is 2.76. The molecular formula is C14H19Cl2NOS. The van der Waals surface area contributed by atoms with Crippen LogP contribution in [0.15, 0.2) is 6.07 Å². The summed E-state index contributed by atoms with van der Waals surface area (Å²) >= 11 is 13.2. The summed E-state index contributed by atoms with van der Waals surface area (Å²) in [6, 6.07) is 2.24. The number of nitrogens with zero attached hydrogens (tertiary/aromatic N) is 1. The van der Waals surface area contributed by atoms with E-state index in [1.165, 1.54) is 43.4 Å². The summed E-state index contributed by atoms with van der Waals surface area (Å²) in [6.07, 6.45) is 6.30. The fourth-order valence-corrected chi connectivity index (χ4v) is 4.24. The zero-order chi connectivity index (χ0) is 13.8. The van der Waals surface area contributed by atoms with E-state index in [0.717, 1.165) is 6.54 Å². The van der Waals surface area contributed by atoms with Crippen LogP contribution in [0.3, 0.4) is 0 Å². The highest BCUT2D eigenvalue weighted by molar-refractivity contribution is 7.20. The molecule has 0 radical (unpaired) electrons. The molecule has 0 atom stereocenters. The summed E-state index contributed by atoms with van der Waals surface area (Å²) in [7, 11) is 0. The van der Waals surface area contributed by atoms with Crippen molar-refractivity contribution < 1.29 is 4.79 Å². The molecule has 1 aliphatic rings. The summed E-state index contributed by atoms with van der Waals surface area (Å²) in [5, 5.41) is 0. The molecule has 1 aromatic heterocycles. The molecule has 5 heteroatoms. The lowest BCUT2D eigenvalue weighted by atomic mass is 9.94. The van der Waals surface area contributed by atoms with E-state index < -0.39 is 0 Å². The van der Waals surface area contributed by atoms with Crippen LogP contribution in [0.25, 0.3) is 0 Å². The van der Waals surface area contributed by atoms with Crippen molar-refractivity contribution >= 4 is 40.3 Å². The zero-order valence-electron chi connectivity index (χ0n) is 11.1. The molecule has 0 amide bonds. The number of halogens is 2. The summed E-state index contributed by atoms with van der Waals surface area (Å²) < 4.78 is 1.09. The fraction of sp³-hybridized carbons (Fsp3) is 0.643. The van der Waals surface area contributed by atoms with E-state index in [1.807, 2.05) is 0 Å². The molecule has 0 spiro atoms. The van der Waals surface area contributed by atoms with Crippen molar-refractivity contribution in [1.29, 1.82) is 0 Å². The first-order valence-electron chi connectivity index (χ1n) is 6.84. The number of hydrogen-bond acceptors (Lipinski definition) is 3. The molecule has 1 aliphatic carbocycles. The van der Waals surface area contributed by atoms with Crippen LogP contribution in [0.2, 0.25) is 8.67 Å². The highest BCUT2D eigenvalue weighted by atomic mass is 35.5. The van der Waals surface area contributed by atoms with Crippen molar-refractivity contribution in [2.24, 2.45) is 0 Å². The van der Waals surface area contributed by atoms with Gasteiger partial charge in [0.2, 0.25) is 0 Å².